The third-order valence-electron chi connectivity index (χ3n) is 6.19. The number of sulfone groups is 1. The van der Waals surface area contributed by atoms with Gasteiger partial charge in [0.25, 0.3) is 0 Å². The number of fused-ring (bicyclic) bond motifs is 2. The van der Waals surface area contributed by atoms with Gasteiger partial charge in [0.15, 0.2) is 9.84 Å². The quantitative estimate of drug-likeness (QED) is 0.573. The third-order valence-corrected chi connectivity index (χ3v) is 7.98. The van der Waals surface area contributed by atoms with Crippen molar-refractivity contribution in [1.82, 2.24) is 4.98 Å². The molecule has 0 bridgehead atoms. The SMILES string of the molecule is NCCCNc1cc(N2CCS(=O)(=O)c3ccccc3C2)nc2ccc(C3CC3)cc12. The van der Waals surface area contributed by atoms with E-state index in [-0.39, 0.29) is 5.75 Å². The molecule has 3 N–H and O–H groups in total. The van der Waals surface area contributed by atoms with Gasteiger partial charge in [-0.3, -0.25) is 0 Å². The first-order chi connectivity index (χ1) is 15.0. The van der Waals surface area contributed by atoms with Crippen LogP contribution in [-0.2, 0) is 16.4 Å². The monoisotopic (exact) mass is 436 g/mol. The molecular weight excluding hydrogens is 408 g/mol. The number of aromatic nitrogens is 1. The molecule has 0 atom stereocenters. The first-order valence-electron chi connectivity index (χ1n) is 11.0. The molecule has 162 valence electrons. The molecule has 31 heavy (non-hydrogen) atoms. The van der Waals surface area contributed by atoms with Gasteiger partial charge in [-0.05, 0) is 61.1 Å². The minimum Gasteiger partial charge on any atom is -0.384 e. The molecule has 1 fully saturated rings. The summed E-state index contributed by atoms with van der Waals surface area (Å²) in [5, 5.41) is 4.66. The van der Waals surface area contributed by atoms with Crippen LogP contribution in [0, 0.1) is 0 Å². The minimum atomic E-state index is -3.30. The van der Waals surface area contributed by atoms with E-state index in [1.807, 2.05) is 12.1 Å². The fourth-order valence-corrected chi connectivity index (χ4v) is 5.79. The smallest absolute Gasteiger partial charge is 0.180 e. The zero-order chi connectivity index (χ0) is 21.4. The standard InChI is InChI=1S/C24H28N4O2S/c25-10-3-11-26-22-15-24(27-21-9-8-18(14-20(21)22)17-6-7-17)28-12-13-31(29,30)23-5-2-1-4-19(23)16-28/h1-2,4-5,8-9,14-15,17H,3,6-7,10-13,16,25H2,(H,26,27). The van der Waals surface area contributed by atoms with E-state index in [1.54, 1.807) is 12.1 Å². The highest BCUT2D eigenvalue weighted by Gasteiger charge is 2.27. The lowest BCUT2D eigenvalue weighted by Crippen LogP contribution is -2.26. The molecule has 1 aromatic heterocycles. The Labute approximate surface area is 183 Å². The molecule has 6 nitrogen and oxygen atoms in total. The molecule has 0 amide bonds. The van der Waals surface area contributed by atoms with E-state index in [0.717, 1.165) is 40.9 Å². The highest BCUT2D eigenvalue weighted by Crippen LogP contribution is 2.42. The average molecular weight is 437 g/mol. The Morgan fingerprint density at radius 2 is 1.97 bits per heavy atom. The maximum Gasteiger partial charge on any atom is 0.180 e. The van der Waals surface area contributed by atoms with Crippen molar-refractivity contribution in [3.8, 4) is 0 Å². The maximum atomic E-state index is 12.8. The van der Waals surface area contributed by atoms with Gasteiger partial charge in [0, 0.05) is 36.8 Å². The zero-order valence-electron chi connectivity index (χ0n) is 17.5. The third kappa shape index (κ3) is 4.12. The first-order valence-corrected chi connectivity index (χ1v) is 12.6. The van der Waals surface area contributed by atoms with E-state index in [0.29, 0.717) is 30.4 Å². The number of anilines is 2. The van der Waals surface area contributed by atoms with Gasteiger partial charge >= 0.3 is 0 Å². The van der Waals surface area contributed by atoms with Crippen LogP contribution in [0.5, 0.6) is 0 Å². The van der Waals surface area contributed by atoms with Gasteiger partial charge in [0.1, 0.15) is 5.82 Å². The second-order valence-corrected chi connectivity index (χ2v) is 10.6. The van der Waals surface area contributed by atoms with Crippen LogP contribution in [0.2, 0.25) is 0 Å². The molecule has 1 aliphatic carbocycles. The summed E-state index contributed by atoms with van der Waals surface area (Å²) < 4.78 is 25.5. The van der Waals surface area contributed by atoms with Crippen LogP contribution in [0.4, 0.5) is 11.5 Å². The summed E-state index contributed by atoms with van der Waals surface area (Å²) in [5.74, 6) is 1.56. The second-order valence-electron chi connectivity index (χ2n) is 8.50. The van der Waals surface area contributed by atoms with Crippen molar-refractivity contribution in [1.29, 1.82) is 0 Å². The van der Waals surface area contributed by atoms with Crippen LogP contribution >= 0.6 is 0 Å². The van der Waals surface area contributed by atoms with Crippen LogP contribution in [0.1, 0.15) is 36.3 Å². The first kappa shape index (κ1) is 20.3. The number of nitrogens with two attached hydrogens (primary N) is 1. The number of nitrogens with zero attached hydrogens (tertiary/aromatic N) is 2. The molecule has 1 aliphatic heterocycles. The van der Waals surface area contributed by atoms with Crippen LogP contribution in [0.25, 0.3) is 10.9 Å². The Morgan fingerprint density at radius 1 is 1.13 bits per heavy atom. The lowest BCUT2D eigenvalue weighted by atomic mass is 10.1. The van der Waals surface area contributed by atoms with Crippen LogP contribution < -0.4 is 16.0 Å². The fraction of sp³-hybridized carbons (Fsp3) is 0.375. The van der Waals surface area contributed by atoms with Gasteiger partial charge in [-0.15, -0.1) is 0 Å². The Balaban J connectivity index is 1.55. The number of rotatable bonds is 6. The van der Waals surface area contributed by atoms with E-state index in [4.69, 9.17) is 10.7 Å². The Morgan fingerprint density at radius 3 is 2.77 bits per heavy atom. The van der Waals surface area contributed by atoms with Gasteiger partial charge in [-0.2, -0.15) is 0 Å². The Bertz CT molecular complexity index is 1220. The summed E-state index contributed by atoms with van der Waals surface area (Å²) >= 11 is 0. The lowest BCUT2D eigenvalue weighted by molar-refractivity contribution is 0.596. The molecule has 2 aliphatic rings. The maximum absolute atomic E-state index is 12.8. The molecule has 1 saturated carbocycles. The number of benzene rings is 2. The van der Waals surface area contributed by atoms with Crippen molar-refractivity contribution in [3.05, 3.63) is 59.7 Å². The van der Waals surface area contributed by atoms with Gasteiger partial charge in [0.05, 0.1) is 16.2 Å². The fourth-order valence-electron chi connectivity index (χ4n) is 4.29. The van der Waals surface area contributed by atoms with Gasteiger partial charge in [-0.1, -0.05) is 24.3 Å². The largest absolute Gasteiger partial charge is 0.384 e. The summed E-state index contributed by atoms with van der Waals surface area (Å²) in [6, 6.07) is 15.9. The summed E-state index contributed by atoms with van der Waals surface area (Å²) in [6.07, 6.45) is 3.40. The van der Waals surface area contributed by atoms with Crippen molar-refractivity contribution >= 4 is 32.2 Å². The van der Waals surface area contributed by atoms with Crippen LogP contribution in [0.15, 0.2) is 53.4 Å². The molecule has 7 heteroatoms. The molecule has 0 spiro atoms. The van der Waals surface area contributed by atoms with Crippen LogP contribution in [0.3, 0.4) is 0 Å². The van der Waals surface area contributed by atoms with Crippen molar-refractivity contribution in [2.45, 2.75) is 36.6 Å². The average Bonchev–Trinajstić information content (AvgIpc) is 3.62. The number of nitrogens with one attached hydrogen (secondary N) is 1. The van der Waals surface area contributed by atoms with Crippen molar-refractivity contribution in [2.24, 2.45) is 5.73 Å². The number of pyridine rings is 1. The van der Waals surface area contributed by atoms with E-state index in [1.165, 1.54) is 18.4 Å². The summed E-state index contributed by atoms with van der Waals surface area (Å²) in [4.78, 5) is 7.45. The van der Waals surface area contributed by atoms with Gasteiger partial charge in [0.2, 0.25) is 0 Å². The number of hydrogen-bond donors (Lipinski definition) is 2. The second kappa shape index (κ2) is 8.13. The molecule has 5 rings (SSSR count). The minimum absolute atomic E-state index is 0.0836. The van der Waals surface area contributed by atoms with E-state index >= 15 is 0 Å². The summed E-state index contributed by atoms with van der Waals surface area (Å²) in [5.41, 5.74) is 9.86. The molecule has 0 unspecified atom stereocenters. The predicted molar refractivity (Wildman–Crippen MR) is 125 cm³/mol. The molecule has 2 aromatic carbocycles. The normalized spacial score (nSPS) is 17.9. The molecule has 0 radical (unpaired) electrons. The summed E-state index contributed by atoms with van der Waals surface area (Å²) in [6.45, 7) is 2.37. The van der Waals surface area contributed by atoms with Gasteiger partial charge in [-0.25, -0.2) is 13.4 Å². The highest BCUT2D eigenvalue weighted by atomic mass is 32.2. The Hall–Kier alpha value is -2.64. The van der Waals surface area contributed by atoms with E-state index in [9.17, 15) is 8.42 Å². The molecule has 3 aromatic rings. The topological polar surface area (TPSA) is 88.3 Å². The summed E-state index contributed by atoms with van der Waals surface area (Å²) in [7, 11) is -3.30. The molecule has 2 heterocycles. The van der Waals surface area contributed by atoms with Crippen molar-refractivity contribution in [3.63, 3.8) is 0 Å². The molecule has 0 saturated heterocycles. The predicted octanol–water partition coefficient (Wildman–Crippen LogP) is 3.67. The Kier molecular flexibility index (Phi) is 5.32. The zero-order valence-corrected chi connectivity index (χ0v) is 18.4. The highest BCUT2D eigenvalue weighted by molar-refractivity contribution is 7.91. The van der Waals surface area contributed by atoms with E-state index in [2.05, 4.69) is 34.5 Å². The number of hydrogen-bond acceptors (Lipinski definition) is 6. The lowest BCUT2D eigenvalue weighted by Gasteiger charge is -2.23. The van der Waals surface area contributed by atoms with Crippen molar-refractivity contribution in [2.75, 3.05) is 35.6 Å². The van der Waals surface area contributed by atoms with Crippen molar-refractivity contribution < 1.29 is 8.42 Å². The van der Waals surface area contributed by atoms with Crippen LogP contribution in [-0.4, -0.2) is 38.8 Å². The van der Waals surface area contributed by atoms with E-state index < -0.39 is 9.84 Å². The van der Waals surface area contributed by atoms with Gasteiger partial charge < -0.3 is 16.0 Å². The molecular formula is C24H28N4O2S.